The first-order valence-electron chi connectivity index (χ1n) is 9.64. The lowest BCUT2D eigenvalue weighted by molar-refractivity contribution is -0.121. The van der Waals surface area contributed by atoms with Crippen molar-refractivity contribution in [2.24, 2.45) is 14.1 Å². The molecule has 8 heteroatoms. The van der Waals surface area contributed by atoms with Gasteiger partial charge in [0.1, 0.15) is 5.65 Å². The molecule has 29 heavy (non-hydrogen) atoms. The molecule has 0 bridgehead atoms. The normalized spacial score (nSPS) is 12.3. The van der Waals surface area contributed by atoms with Gasteiger partial charge in [0.25, 0.3) is 5.56 Å². The standard InChI is InChI=1S/C21H26N4O3S/c1-6-15(16-8-7-11-29-16)23-17(26)10-9-14-12(2)18-19(22-13(14)3)24(4)21(28)25(5)20(18)27/h7-8,11,15H,6,9-10H2,1-5H3,(H,23,26)/t15-/m0/s1. The number of fused-ring (bicyclic) bond motifs is 1. The van der Waals surface area contributed by atoms with Gasteiger partial charge in [0.2, 0.25) is 5.91 Å². The molecule has 0 aliphatic heterocycles. The molecule has 0 fully saturated rings. The first kappa shape index (κ1) is 21.0. The average molecular weight is 415 g/mol. The molecule has 3 aromatic heterocycles. The largest absolute Gasteiger partial charge is 0.348 e. The predicted molar refractivity (Wildman–Crippen MR) is 116 cm³/mol. The second-order valence-corrected chi connectivity index (χ2v) is 8.23. The Hall–Kier alpha value is -2.74. The maximum Gasteiger partial charge on any atom is 0.332 e. The van der Waals surface area contributed by atoms with Crippen LogP contribution in [0, 0.1) is 13.8 Å². The molecule has 3 rings (SSSR count). The lowest BCUT2D eigenvalue weighted by atomic mass is 9.99. The van der Waals surface area contributed by atoms with Crippen molar-refractivity contribution in [1.82, 2.24) is 19.4 Å². The number of aryl methyl sites for hydroxylation is 3. The van der Waals surface area contributed by atoms with Gasteiger partial charge in [0.05, 0.1) is 11.4 Å². The number of rotatable bonds is 6. The predicted octanol–water partition coefficient (Wildman–Crippen LogP) is 2.51. The number of carbonyl (C=O) groups is 1. The van der Waals surface area contributed by atoms with Crippen LogP contribution in [0.5, 0.6) is 0 Å². The topological polar surface area (TPSA) is 86.0 Å². The monoisotopic (exact) mass is 414 g/mol. The summed E-state index contributed by atoms with van der Waals surface area (Å²) in [5.41, 5.74) is 2.01. The van der Waals surface area contributed by atoms with Crippen molar-refractivity contribution in [3.63, 3.8) is 0 Å². The quantitative estimate of drug-likeness (QED) is 0.672. The van der Waals surface area contributed by atoms with Crippen molar-refractivity contribution in [3.8, 4) is 0 Å². The second-order valence-electron chi connectivity index (χ2n) is 7.25. The number of carbonyl (C=O) groups excluding carboxylic acids is 1. The van der Waals surface area contributed by atoms with Crippen molar-refractivity contribution < 1.29 is 4.79 Å². The molecule has 0 unspecified atom stereocenters. The van der Waals surface area contributed by atoms with Gasteiger partial charge in [-0.2, -0.15) is 0 Å². The summed E-state index contributed by atoms with van der Waals surface area (Å²) in [4.78, 5) is 43.1. The van der Waals surface area contributed by atoms with Crippen LogP contribution >= 0.6 is 11.3 Å². The summed E-state index contributed by atoms with van der Waals surface area (Å²) in [6.07, 6.45) is 1.62. The lowest BCUT2D eigenvalue weighted by Gasteiger charge is -2.17. The van der Waals surface area contributed by atoms with Gasteiger partial charge < -0.3 is 5.32 Å². The Morgan fingerprint density at radius 1 is 1.24 bits per heavy atom. The van der Waals surface area contributed by atoms with Crippen LogP contribution in [0.1, 0.15) is 47.5 Å². The summed E-state index contributed by atoms with van der Waals surface area (Å²) in [6, 6.07) is 4.03. The number of nitrogens with zero attached hydrogens (tertiary/aromatic N) is 3. The van der Waals surface area contributed by atoms with E-state index in [1.165, 1.54) is 11.6 Å². The lowest BCUT2D eigenvalue weighted by Crippen LogP contribution is -2.38. The highest BCUT2D eigenvalue weighted by Gasteiger charge is 2.18. The molecule has 0 aliphatic rings. The minimum absolute atomic E-state index is 0.0150. The third-order valence-electron chi connectivity index (χ3n) is 5.40. The number of hydrogen-bond donors (Lipinski definition) is 1. The molecule has 1 amide bonds. The van der Waals surface area contributed by atoms with Crippen LogP contribution < -0.4 is 16.6 Å². The molecule has 7 nitrogen and oxygen atoms in total. The molecule has 0 saturated heterocycles. The van der Waals surface area contributed by atoms with Crippen LogP contribution in [0.2, 0.25) is 0 Å². The zero-order chi connectivity index (χ0) is 21.3. The van der Waals surface area contributed by atoms with E-state index in [2.05, 4.69) is 10.3 Å². The van der Waals surface area contributed by atoms with Crippen LogP contribution in [0.15, 0.2) is 27.1 Å². The first-order valence-corrected chi connectivity index (χ1v) is 10.5. The molecular weight excluding hydrogens is 388 g/mol. The number of aromatic nitrogens is 3. The Bertz CT molecular complexity index is 1180. The Labute approximate surface area is 173 Å². The Kier molecular flexibility index (Phi) is 6.02. The first-order chi connectivity index (χ1) is 13.8. The Morgan fingerprint density at radius 2 is 1.97 bits per heavy atom. The van der Waals surface area contributed by atoms with Crippen molar-refractivity contribution in [2.75, 3.05) is 0 Å². The molecule has 154 valence electrons. The van der Waals surface area contributed by atoms with Gasteiger partial charge in [-0.05, 0) is 49.3 Å². The SMILES string of the molecule is CC[C@H](NC(=O)CCc1c(C)nc2c(c1C)c(=O)n(C)c(=O)n2C)c1cccs1. The van der Waals surface area contributed by atoms with E-state index in [1.807, 2.05) is 38.3 Å². The van der Waals surface area contributed by atoms with Gasteiger partial charge in [0, 0.05) is 31.1 Å². The Balaban J connectivity index is 1.88. The van der Waals surface area contributed by atoms with Gasteiger partial charge in [0.15, 0.2) is 0 Å². The van der Waals surface area contributed by atoms with E-state index in [9.17, 15) is 14.4 Å². The highest BCUT2D eigenvalue weighted by atomic mass is 32.1. The molecule has 3 heterocycles. The Morgan fingerprint density at radius 3 is 2.59 bits per heavy atom. The molecule has 0 aliphatic carbocycles. The van der Waals surface area contributed by atoms with Crippen LogP contribution in [0.25, 0.3) is 11.0 Å². The molecule has 1 N–H and O–H groups in total. The second kappa shape index (κ2) is 8.32. The summed E-state index contributed by atoms with van der Waals surface area (Å²) in [5, 5.41) is 5.53. The molecule has 3 aromatic rings. The van der Waals surface area contributed by atoms with E-state index >= 15 is 0 Å². The minimum Gasteiger partial charge on any atom is -0.348 e. The van der Waals surface area contributed by atoms with E-state index < -0.39 is 5.69 Å². The van der Waals surface area contributed by atoms with Gasteiger partial charge in [-0.3, -0.25) is 18.7 Å². The van der Waals surface area contributed by atoms with Gasteiger partial charge in [-0.1, -0.05) is 13.0 Å². The number of thiophene rings is 1. The minimum atomic E-state index is -0.403. The molecular formula is C21H26N4O3S. The summed E-state index contributed by atoms with van der Waals surface area (Å²) < 4.78 is 2.48. The van der Waals surface area contributed by atoms with E-state index in [-0.39, 0.29) is 17.5 Å². The van der Waals surface area contributed by atoms with E-state index in [4.69, 9.17) is 0 Å². The zero-order valence-corrected chi connectivity index (χ0v) is 18.2. The van der Waals surface area contributed by atoms with Gasteiger partial charge in [-0.25, -0.2) is 9.78 Å². The number of hydrogen-bond acceptors (Lipinski definition) is 5. The number of nitrogens with one attached hydrogen (secondary N) is 1. The molecule has 0 saturated carbocycles. The summed E-state index contributed by atoms with van der Waals surface area (Å²) in [6.45, 7) is 5.75. The number of amides is 1. The maximum absolute atomic E-state index is 12.7. The van der Waals surface area contributed by atoms with Crippen molar-refractivity contribution in [3.05, 3.63) is 60.0 Å². The molecule has 0 radical (unpaired) electrons. The van der Waals surface area contributed by atoms with E-state index in [1.54, 1.807) is 18.4 Å². The molecule has 1 atom stereocenters. The van der Waals surface area contributed by atoms with Crippen LogP contribution in [-0.4, -0.2) is 20.0 Å². The zero-order valence-electron chi connectivity index (χ0n) is 17.4. The van der Waals surface area contributed by atoms with E-state index in [0.29, 0.717) is 23.9 Å². The third-order valence-corrected chi connectivity index (χ3v) is 6.39. The molecule has 0 spiro atoms. The van der Waals surface area contributed by atoms with E-state index in [0.717, 1.165) is 32.7 Å². The highest BCUT2D eigenvalue weighted by molar-refractivity contribution is 7.10. The third kappa shape index (κ3) is 3.89. The van der Waals surface area contributed by atoms with Crippen molar-refractivity contribution >= 4 is 28.3 Å². The summed E-state index contributed by atoms with van der Waals surface area (Å²) in [5.74, 6) is -0.0301. The smallest absolute Gasteiger partial charge is 0.332 e. The van der Waals surface area contributed by atoms with Crippen molar-refractivity contribution in [2.45, 2.75) is 46.1 Å². The average Bonchev–Trinajstić information content (AvgIpc) is 3.22. The van der Waals surface area contributed by atoms with Crippen LogP contribution in [0.4, 0.5) is 0 Å². The molecule has 0 aromatic carbocycles. The van der Waals surface area contributed by atoms with Crippen LogP contribution in [-0.2, 0) is 25.3 Å². The highest BCUT2D eigenvalue weighted by Crippen LogP contribution is 2.23. The van der Waals surface area contributed by atoms with Gasteiger partial charge >= 0.3 is 5.69 Å². The number of pyridine rings is 1. The fourth-order valence-electron chi connectivity index (χ4n) is 3.68. The van der Waals surface area contributed by atoms with Gasteiger partial charge in [-0.15, -0.1) is 11.3 Å². The fraction of sp³-hybridized carbons (Fsp3) is 0.429. The summed E-state index contributed by atoms with van der Waals surface area (Å²) in [7, 11) is 3.07. The maximum atomic E-state index is 12.7. The summed E-state index contributed by atoms with van der Waals surface area (Å²) >= 11 is 1.63. The van der Waals surface area contributed by atoms with Crippen molar-refractivity contribution in [1.29, 1.82) is 0 Å². The fourth-order valence-corrected chi connectivity index (χ4v) is 4.54. The van der Waals surface area contributed by atoms with Crippen LogP contribution in [0.3, 0.4) is 0 Å².